The first-order valence-corrected chi connectivity index (χ1v) is 10.5. The number of ether oxygens (including phenoxy) is 1. The maximum Gasteiger partial charge on any atom is 0.329 e. The Labute approximate surface area is 162 Å². The Balaban J connectivity index is 1.78. The summed E-state index contributed by atoms with van der Waals surface area (Å²) in [5, 5.41) is 3.17. The molecule has 3 rings (SSSR count). The van der Waals surface area contributed by atoms with E-state index in [0.717, 1.165) is 44.5 Å². The Kier molecular flexibility index (Phi) is 6.94. The number of carbonyl (C=O) groups excluding carboxylic acids is 2. The van der Waals surface area contributed by atoms with Gasteiger partial charge in [0.15, 0.2) is 0 Å². The molecule has 0 radical (unpaired) electrons. The maximum atomic E-state index is 12.8. The van der Waals surface area contributed by atoms with Gasteiger partial charge in [0.2, 0.25) is 0 Å². The molecule has 2 aliphatic rings. The van der Waals surface area contributed by atoms with Crippen molar-refractivity contribution in [1.82, 2.24) is 14.8 Å². The zero-order valence-electron chi connectivity index (χ0n) is 16.7. The highest BCUT2D eigenvalue weighted by Crippen LogP contribution is 2.27. The van der Waals surface area contributed by atoms with E-state index in [0.29, 0.717) is 12.3 Å². The third-order valence-electron chi connectivity index (χ3n) is 5.88. The highest BCUT2D eigenvalue weighted by molar-refractivity contribution is 5.93. The molecule has 27 heavy (non-hydrogen) atoms. The number of piperidine rings is 1. The SMILES string of the molecule is CCOC(=O)C(c1ccc(C(=O)NC2CCCCC2)n1C)N1CCCCC1. The van der Waals surface area contributed by atoms with E-state index in [9.17, 15) is 9.59 Å². The summed E-state index contributed by atoms with van der Waals surface area (Å²) in [6, 6.07) is 3.58. The number of rotatable bonds is 6. The lowest BCUT2D eigenvalue weighted by Gasteiger charge is -2.33. The van der Waals surface area contributed by atoms with E-state index in [-0.39, 0.29) is 17.9 Å². The van der Waals surface area contributed by atoms with Gasteiger partial charge in [-0.2, -0.15) is 0 Å². The first-order valence-electron chi connectivity index (χ1n) is 10.5. The largest absolute Gasteiger partial charge is 0.465 e. The minimum absolute atomic E-state index is 0.0445. The fraction of sp³-hybridized carbons (Fsp3) is 0.714. The molecule has 0 spiro atoms. The van der Waals surface area contributed by atoms with Gasteiger partial charge < -0.3 is 14.6 Å². The van der Waals surface area contributed by atoms with Gasteiger partial charge in [-0.1, -0.05) is 25.7 Å². The normalized spacial score (nSPS) is 20.2. The number of likely N-dealkylation sites (tertiary alicyclic amines) is 1. The molecule has 1 aromatic rings. The molecule has 1 saturated carbocycles. The van der Waals surface area contributed by atoms with Gasteiger partial charge in [0.25, 0.3) is 5.91 Å². The average molecular weight is 376 g/mol. The van der Waals surface area contributed by atoms with E-state index in [2.05, 4.69) is 10.2 Å². The number of nitrogens with one attached hydrogen (secondary N) is 1. The Morgan fingerprint density at radius 1 is 1.11 bits per heavy atom. The van der Waals surface area contributed by atoms with E-state index < -0.39 is 6.04 Å². The van der Waals surface area contributed by atoms with Crippen molar-refractivity contribution in [2.24, 2.45) is 7.05 Å². The Hall–Kier alpha value is -1.82. The zero-order chi connectivity index (χ0) is 19.2. The van der Waals surface area contributed by atoms with Crippen molar-refractivity contribution in [3.05, 3.63) is 23.5 Å². The molecule has 1 aliphatic carbocycles. The first-order chi connectivity index (χ1) is 13.1. The number of nitrogens with zero attached hydrogens (tertiary/aromatic N) is 2. The summed E-state index contributed by atoms with van der Waals surface area (Å²) in [7, 11) is 1.88. The van der Waals surface area contributed by atoms with Gasteiger partial charge in [0, 0.05) is 18.8 Å². The summed E-state index contributed by atoms with van der Waals surface area (Å²) in [6.07, 6.45) is 9.13. The molecule has 1 atom stereocenters. The summed E-state index contributed by atoms with van der Waals surface area (Å²) in [4.78, 5) is 27.7. The monoisotopic (exact) mass is 375 g/mol. The van der Waals surface area contributed by atoms with Crippen LogP contribution < -0.4 is 5.32 Å². The highest BCUT2D eigenvalue weighted by atomic mass is 16.5. The molecule has 150 valence electrons. The summed E-state index contributed by atoms with van der Waals surface area (Å²) in [6.45, 7) is 3.97. The number of carbonyl (C=O) groups is 2. The molecule has 1 aliphatic heterocycles. The van der Waals surface area contributed by atoms with Gasteiger partial charge in [-0.05, 0) is 57.8 Å². The van der Waals surface area contributed by atoms with Crippen molar-refractivity contribution in [1.29, 1.82) is 0 Å². The molecule has 0 aromatic carbocycles. The Bertz CT molecular complexity index is 643. The van der Waals surface area contributed by atoms with Crippen LogP contribution >= 0.6 is 0 Å². The molecule has 1 N–H and O–H groups in total. The van der Waals surface area contributed by atoms with Gasteiger partial charge >= 0.3 is 5.97 Å². The van der Waals surface area contributed by atoms with E-state index in [4.69, 9.17) is 4.74 Å². The van der Waals surface area contributed by atoms with E-state index in [1.807, 2.05) is 30.7 Å². The molecule has 6 nitrogen and oxygen atoms in total. The lowest BCUT2D eigenvalue weighted by Crippen LogP contribution is -2.40. The number of hydrogen-bond acceptors (Lipinski definition) is 4. The standard InChI is InChI=1S/C21H33N3O3/c1-3-27-21(26)19(24-14-8-5-9-15-24)17-12-13-18(23(17)2)20(25)22-16-10-6-4-7-11-16/h12-13,16,19H,3-11,14-15H2,1-2H3,(H,22,25). The molecular formula is C21H33N3O3. The van der Waals surface area contributed by atoms with Gasteiger partial charge in [-0.15, -0.1) is 0 Å². The predicted molar refractivity (Wildman–Crippen MR) is 105 cm³/mol. The summed E-state index contributed by atoms with van der Waals surface area (Å²) >= 11 is 0. The number of amides is 1. The van der Waals surface area contributed by atoms with Crippen LogP contribution in [-0.2, 0) is 16.6 Å². The minimum atomic E-state index is -0.438. The van der Waals surface area contributed by atoms with Gasteiger partial charge in [0.1, 0.15) is 11.7 Å². The molecule has 6 heteroatoms. The summed E-state index contributed by atoms with van der Waals surface area (Å²) in [5.41, 5.74) is 1.45. The van der Waals surface area contributed by atoms with Gasteiger partial charge in [0.05, 0.1) is 6.61 Å². The third kappa shape index (κ3) is 4.72. The number of esters is 1. The first kappa shape index (κ1) is 19.9. The molecule has 0 bridgehead atoms. The molecular weight excluding hydrogens is 342 g/mol. The van der Waals surface area contributed by atoms with Crippen LogP contribution in [0.2, 0.25) is 0 Å². The lowest BCUT2D eigenvalue weighted by atomic mass is 9.95. The molecule has 1 unspecified atom stereocenters. The van der Waals surface area contributed by atoms with Crippen molar-refractivity contribution in [2.75, 3.05) is 19.7 Å². The van der Waals surface area contributed by atoms with Crippen LogP contribution in [0.25, 0.3) is 0 Å². The molecule has 2 heterocycles. The average Bonchev–Trinajstić information content (AvgIpc) is 3.05. The van der Waals surface area contributed by atoms with E-state index in [1.165, 1.54) is 25.7 Å². The van der Waals surface area contributed by atoms with Crippen molar-refractivity contribution in [3.63, 3.8) is 0 Å². The Morgan fingerprint density at radius 2 is 1.78 bits per heavy atom. The quantitative estimate of drug-likeness (QED) is 0.776. The lowest BCUT2D eigenvalue weighted by molar-refractivity contribution is -0.150. The van der Waals surface area contributed by atoms with Crippen LogP contribution in [0.5, 0.6) is 0 Å². The van der Waals surface area contributed by atoms with Crippen LogP contribution in [0.4, 0.5) is 0 Å². The maximum absolute atomic E-state index is 12.8. The Morgan fingerprint density at radius 3 is 2.44 bits per heavy atom. The topological polar surface area (TPSA) is 63.6 Å². The van der Waals surface area contributed by atoms with Crippen molar-refractivity contribution in [2.45, 2.75) is 70.4 Å². The van der Waals surface area contributed by atoms with Gasteiger partial charge in [-0.3, -0.25) is 9.69 Å². The second kappa shape index (κ2) is 9.40. The van der Waals surface area contributed by atoms with Gasteiger partial charge in [-0.25, -0.2) is 4.79 Å². The van der Waals surface area contributed by atoms with E-state index in [1.54, 1.807) is 0 Å². The fourth-order valence-corrected chi connectivity index (χ4v) is 4.39. The van der Waals surface area contributed by atoms with Crippen LogP contribution in [-0.4, -0.2) is 47.1 Å². The molecule has 1 amide bonds. The molecule has 2 fully saturated rings. The van der Waals surface area contributed by atoms with E-state index >= 15 is 0 Å². The predicted octanol–water partition coefficient (Wildman–Crippen LogP) is 3.18. The smallest absolute Gasteiger partial charge is 0.329 e. The van der Waals surface area contributed by atoms with Crippen molar-refractivity contribution in [3.8, 4) is 0 Å². The zero-order valence-corrected chi connectivity index (χ0v) is 16.7. The highest BCUT2D eigenvalue weighted by Gasteiger charge is 2.33. The minimum Gasteiger partial charge on any atom is -0.465 e. The third-order valence-corrected chi connectivity index (χ3v) is 5.88. The van der Waals surface area contributed by atoms with Crippen molar-refractivity contribution < 1.29 is 14.3 Å². The van der Waals surface area contributed by atoms with Crippen LogP contribution in [0.3, 0.4) is 0 Å². The summed E-state index contributed by atoms with van der Waals surface area (Å²) in [5.74, 6) is -0.267. The number of hydrogen-bond donors (Lipinski definition) is 1. The van der Waals surface area contributed by atoms with Crippen molar-refractivity contribution >= 4 is 11.9 Å². The number of aromatic nitrogens is 1. The molecule has 1 aromatic heterocycles. The summed E-state index contributed by atoms with van der Waals surface area (Å²) < 4.78 is 7.23. The van der Waals surface area contributed by atoms with Crippen LogP contribution in [0.15, 0.2) is 12.1 Å². The molecule has 1 saturated heterocycles. The second-order valence-electron chi connectivity index (χ2n) is 7.76. The van der Waals surface area contributed by atoms with Crippen LogP contribution in [0, 0.1) is 0 Å². The van der Waals surface area contributed by atoms with Crippen LogP contribution in [0.1, 0.15) is 80.5 Å². The fourth-order valence-electron chi connectivity index (χ4n) is 4.39. The second-order valence-corrected chi connectivity index (χ2v) is 7.76.